The largest absolute Gasteiger partial charge is 0.306 e. The van der Waals surface area contributed by atoms with Gasteiger partial charge in [-0.2, -0.15) is 0 Å². The number of anilines is 1. The maximum Gasteiger partial charge on any atom is 0.293 e. The first-order valence-electron chi connectivity index (χ1n) is 4.64. The molecule has 1 amide bonds. The summed E-state index contributed by atoms with van der Waals surface area (Å²) in [5.41, 5.74) is 0.636. The molecule has 0 fully saturated rings. The first-order chi connectivity index (χ1) is 7.38. The van der Waals surface area contributed by atoms with E-state index in [9.17, 15) is 13.2 Å². The molecule has 6 heteroatoms. The molecule has 1 aromatic carbocycles. The van der Waals surface area contributed by atoms with Gasteiger partial charge in [-0.05, 0) is 24.3 Å². The Labute approximate surface area is 103 Å². The van der Waals surface area contributed by atoms with E-state index >= 15 is 0 Å². The van der Waals surface area contributed by atoms with Crippen molar-refractivity contribution in [1.29, 1.82) is 0 Å². The van der Waals surface area contributed by atoms with Gasteiger partial charge in [0, 0.05) is 28.7 Å². The van der Waals surface area contributed by atoms with Crippen molar-refractivity contribution in [2.75, 3.05) is 17.7 Å². The lowest BCUT2D eigenvalue weighted by molar-refractivity contribution is 0.267. The maximum absolute atomic E-state index is 11.5. The summed E-state index contributed by atoms with van der Waals surface area (Å²) in [4.78, 5) is 12.4. The third kappa shape index (κ3) is 2.82. The summed E-state index contributed by atoms with van der Waals surface area (Å²) in [7, 11) is -1.58. The van der Waals surface area contributed by atoms with Crippen molar-refractivity contribution in [3.8, 4) is 0 Å². The fourth-order valence-electron chi connectivity index (χ4n) is 1.15. The molecular formula is C10H12BrNO3S. The second kappa shape index (κ2) is 4.97. The fourth-order valence-corrected chi connectivity index (χ4v) is 2.23. The van der Waals surface area contributed by atoms with Gasteiger partial charge >= 0.3 is 0 Å². The van der Waals surface area contributed by atoms with Crippen LogP contribution >= 0.6 is 15.9 Å². The molecule has 0 heterocycles. The highest BCUT2D eigenvalue weighted by Gasteiger charge is 2.12. The van der Waals surface area contributed by atoms with Gasteiger partial charge in [0.25, 0.3) is 4.82 Å². The molecule has 1 aromatic rings. The van der Waals surface area contributed by atoms with Gasteiger partial charge in [-0.15, -0.1) is 0 Å². The monoisotopic (exact) mass is 305 g/mol. The maximum atomic E-state index is 11.5. The van der Waals surface area contributed by atoms with Crippen LogP contribution in [-0.2, 0) is 9.84 Å². The SMILES string of the molecule is CCS(=O)(=O)c1ccc(N(C)C(=O)Br)cc1. The molecule has 4 nitrogen and oxygen atoms in total. The van der Waals surface area contributed by atoms with Crippen LogP contribution in [0.5, 0.6) is 0 Å². The quantitative estimate of drug-likeness (QED) is 0.636. The van der Waals surface area contributed by atoms with Crippen LogP contribution in [0.25, 0.3) is 0 Å². The molecule has 0 aliphatic rings. The third-order valence-corrected chi connectivity index (χ3v) is 4.51. The van der Waals surface area contributed by atoms with E-state index in [-0.39, 0.29) is 15.5 Å². The number of rotatable bonds is 3. The minimum atomic E-state index is -3.18. The van der Waals surface area contributed by atoms with E-state index in [0.717, 1.165) is 0 Å². The molecule has 88 valence electrons. The Kier molecular flexibility index (Phi) is 4.09. The van der Waals surface area contributed by atoms with Crippen LogP contribution in [0.1, 0.15) is 6.92 Å². The summed E-state index contributed by atoms with van der Waals surface area (Å²) in [6.45, 7) is 1.59. The number of sulfone groups is 1. The van der Waals surface area contributed by atoms with E-state index in [2.05, 4.69) is 15.9 Å². The van der Waals surface area contributed by atoms with Crippen molar-refractivity contribution in [1.82, 2.24) is 0 Å². The first kappa shape index (κ1) is 13.2. The molecule has 0 N–H and O–H groups in total. The van der Waals surface area contributed by atoms with Gasteiger partial charge in [-0.25, -0.2) is 8.42 Å². The minimum absolute atomic E-state index is 0.0690. The molecule has 0 aliphatic heterocycles. The molecular weight excluding hydrogens is 294 g/mol. The highest BCUT2D eigenvalue weighted by atomic mass is 79.9. The number of nitrogens with zero attached hydrogens (tertiary/aromatic N) is 1. The molecule has 1 rings (SSSR count). The molecule has 0 radical (unpaired) electrons. The molecule has 0 unspecified atom stereocenters. The van der Waals surface area contributed by atoms with Crippen LogP contribution in [-0.4, -0.2) is 26.0 Å². The fraction of sp³-hybridized carbons (Fsp3) is 0.300. The van der Waals surface area contributed by atoms with Crippen LogP contribution in [0.3, 0.4) is 0 Å². The van der Waals surface area contributed by atoms with Crippen LogP contribution in [0.2, 0.25) is 0 Å². The zero-order chi connectivity index (χ0) is 12.3. The molecule has 0 saturated carbocycles. The van der Waals surface area contributed by atoms with Crippen molar-refractivity contribution in [2.45, 2.75) is 11.8 Å². The Hall–Kier alpha value is -0.880. The number of halogens is 1. The first-order valence-corrected chi connectivity index (χ1v) is 7.09. The van der Waals surface area contributed by atoms with Crippen LogP contribution in [0, 0.1) is 0 Å². The molecule has 0 atom stereocenters. The van der Waals surface area contributed by atoms with Crippen molar-refractivity contribution < 1.29 is 13.2 Å². The standard InChI is InChI=1S/C10H12BrNO3S/c1-3-16(14,15)9-6-4-8(5-7-9)12(2)10(11)13/h4-7H,3H2,1-2H3. The summed E-state index contributed by atoms with van der Waals surface area (Å²) in [5, 5.41) is 0. The van der Waals surface area contributed by atoms with E-state index in [4.69, 9.17) is 0 Å². The summed E-state index contributed by atoms with van der Waals surface area (Å²) in [5.74, 6) is 0.0690. The highest BCUT2D eigenvalue weighted by Crippen LogP contribution is 2.19. The molecule has 0 aromatic heterocycles. The van der Waals surface area contributed by atoms with Gasteiger partial charge in [0.2, 0.25) is 0 Å². The van der Waals surface area contributed by atoms with Crippen molar-refractivity contribution in [3.05, 3.63) is 24.3 Å². The van der Waals surface area contributed by atoms with Crippen LogP contribution in [0.4, 0.5) is 10.5 Å². The number of benzene rings is 1. The molecule has 0 bridgehead atoms. The number of carbonyl (C=O) groups excluding carboxylic acids is 1. The summed E-state index contributed by atoms with van der Waals surface area (Å²) < 4.78 is 23.1. The van der Waals surface area contributed by atoms with Gasteiger partial charge in [-0.3, -0.25) is 4.79 Å². The summed E-state index contributed by atoms with van der Waals surface area (Å²) in [6, 6.07) is 6.20. The molecule has 0 saturated heterocycles. The Morgan fingerprint density at radius 1 is 1.31 bits per heavy atom. The average Bonchev–Trinajstić information content (AvgIpc) is 2.28. The van der Waals surface area contributed by atoms with E-state index < -0.39 is 9.84 Å². The topological polar surface area (TPSA) is 54.5 Å². The summed E-state index contributed by atoms with van der Waals surface area (Å²) >= 11 is 2.82. The van der Waals surface area contributed by atoms with Gasteiger partial charge in [0.15, 0.2) is 9.84 Å². The van der Waals surface area contributed by atoms with Crippen LogP contribution in [0.15, 0.2) is 29.2 Å². The second-order valence-corrected chi connectivity index (χ2v) is 6.17. The lowest BCUT2D eigenvalue weighted by atomic mass is 10.3. The van der Waals surface area contributed by atoms with Crippen molar-refractivity contribution >= 4 is 36.3 Å². The van der Waals surface area contributed by atoms with Crippen molar-refractivity contribution in [2.24, 2.45) is 0 Å². The zero-order valence-corrected chi connectivity index (χ0v) is 11.4. The molecule has 16 heavy (non-hydrogen) atoms. The minimum Gasteiger partial charge on any atom is -0.306 e. The number of hydrogen-bond donors (Lipinski definition) is 0. The predicted octanol–water partition coefficient (Wildman–Crippen LogP) is 2.43. The van der Waals surface area contributed by atoms with Crippen molar-refractivity contribution in [3.63, 3.8) is 0 Å². The Bertz CT molecular complexity index is 481. The number of amides is 1. The predicted molar refractivity (Wildman–Crippen MR) is 66.9 cm³/mol. The van der Waals surface area contributed by atoms with Gasteiger partial charge in [0.05, 0.1) is 10.6 Å². The van der Waals surface area contributed by atoms with E-state index in [1.54, 1.807) is 26.1 Å². The van der Waals surface area contributed by atoms with E-state index in [0.29, 0.717) is 5.69 Å². The number of hydrogen-bond acceptors (Lipinski definition) is 3. The van der Waals surface area contributed by atoms with Crippen LogP contribution < -0.4 is 4.90 Å². The lowest BCUT2D eigenvalue weighted by Crippen LogP contribution is -2.19. The average molecular weight is 306 g/mol. The van der Waals surface area contributed by atoms with Gasteiger partial charge in [0.1, 0.15) is 0 Å². The number of carbonyl (C=O) groups is 1. The third-order valence-electron chi connectivity index (χ3n) is 2.23. The van der Waals surface area contributed by atoms with E-state index in [1.165, 1.54) is 17.0 Å². The second-order valence-electron chi connectivity index (χ2n) is 3.21. The normalized spacial score (nSPS) is 11.2. The zero-order valence-electron chi connectivity index (χ0n) is 8.97. The lowest BCUT2D eigenvalue weighted by Gasteiger charge is -2.13. The molecule has 0 spiro atoms. The summed E-state index contributed by atoms with van der Waals surface area (Å²) in [6.07, 6.45) is 0. The smallest absolute Gasteiger partial charge is 0.293 e. The van der Waals surface area contributed by atoms with E-state index in [1.807, 2.05) is 0 Å². The Morgan fingerprint density at radius 3 is 2.19 bits per heavy atom. The van der Waals surface area contributed by atoms with Gasteiger partial charge < -0.3 is 4.90 Å². The highest BCUT2D eigenvalue weighted by molar-refractivity contribution is 9.18. The van der Waals surface area contributed by atoms with Gasteiger partial charge in [-0.1, -0.05) is 6.92 Å². The molecule has 0 aliphatic carbocycles. The Morgan fingerprint density at radius 2 is 1.81 bits per heavy atom. The Balaban J connectivity index is 3.05.